The van der Waals surface area contributed by atoms with E-state index in [1.807, 2.05) is 6.92 Å². The van der Waals surface area contributed by atoms with Crippen molar-refractivity contribution in [1.29, 1.82) is 0 Å². The number of nitrogens with zero attached hydrogens (tertiary/aromatic N) is 1. The Morgan fingerprint density at radius 1 is 1.43 bits per heavy atom. The number of hydrogen-bond donors (Lipinski definition) is 1. The Hall–Kier alpha value is -1.45. The first-order valence-electron chi connectivity index (χ1n) is 5.66. The second-order valence-electron chi connectivity index (χ2n) is 4.05. The molecule has 0 aliphatic carbocycles. The number of carbonyl (C=O) groups is 1. The molecule has 1 aromatic carbocycles. The molecule has 112 valence electrons. The molecule has 0 aliphatic heterocycles. The van der Waals surface area contributed by atoms with E-state index in [1.165, 1.54) is 12.6 Å². The zero-order valence-corrected chi connectivity index (χ0v) is 14.3. The van der Waals surface area contributed by atoms with Gasteiger partial charge in [0.25, 0.3) is 10.0 Å². The Balaban J connectivity index is 2.37. The summed E-state index contributed by atoms with van der Waals surface area (Å²) in [5.74, 6) is -0.790. The van der Waals surface area contributed by atoms with Crippen LogP contribution in [0, 0.1) is 6.92 Å². The molecule has 0 radical (unpaired) electrons. The third kappa shape index (κ3) is 3.42. The molecule has 0 aliphatic rings. The van der Waals surface area contributed by atoms with Gasteiger partial charge in [-0.15, -0.1) is 11.3 Å². The first-order chi connectivity index (χ1) is 9.85. The third-order valence-corrected chi connectivity index (χ3v) is 6.19. The van der Waals surface area contributed by atoms with Crippen molar-refractivity contribution in [2.45, 2.75) is 11.1 Å². The molecule has 0 unspecified atom stereocenters. The van der Waals surface area contributed by atoms with Crippen molar-refractivity contribution in [2.75, 3.05) is 11.8 Å². The predicted octanol–water partition coefficient (Wildman–Crippen LogP) is 2.80. The van der Waals surface area contributed by atoms with E-state index < -0.39 is 16.0 Å². The number of thiazole rings is 1. The van der Waals surface area contributed by atoms with Gasteiger partial charge in [0.2, 0.25) is 0 Å². The summed E-state index contributed by atoms with van der Waals surface area (Å²) in [4.78, 5) is 15.3. The quantitative estimate of drug-likeness (QED) is 0.811. The largest absolute Gasteiger partial charge is 0.464 e. The van der Waals surface area contributed by atoms with E-state index >= 15 is 0 Å². The van der Waals surface area contributed by atoms with Crippen LogP contribution in [0.15, 0.2) is 32.4 Å². The standard InChI is InChI=1S/C12H11BrN2O4S2/c1-7-3-4-8(5-9(7)13)15-21(17,18)12-10(11(16)19-2)14-6-20-12/h3-6,15H,1-2H3. The summed E-state index contributed by atoms with van der Waals surface area (Å²) in [5, 5.41) is 0. The smallest absolute Gasteiger partial charge is 0.358 e. The molecular formula is C12H11BrN2O4S2. The number of methoxy groups -OCH3 is 1. The first kappa shape index (κ1) is 15.9. The van der Waals surface area contributed by atoms with Crippen molar-refractivity contribution in [2.24, 2.45) is 0 Å². The van der Waals surface area contributed by atoms with E-state index in [2.05, 4.69) is 30.4 Å². The zero-order valence-electron chi connectivity index (χ0n) is 11.1. The molecule has 0 bridgehead atoms. The number of aromatic nitrogens is 1. The van der Waals surface area contributed by atoms with E-state index in [-0.39, 0.29) is 9.90 Å². The van der Waals surface area contributed by atoms with Crippen LogP contribution in [0.3, 0.4) is 0 Å². The van der Waals surface area contributed by atoms with Crippen LogP contribution < -0.4 is 4.72 Å². The Morgan fingerprint density at radius 2 is 2.14 bits per heavy atom. The van der Waals surface area contributed by atoms with E-state index in [0.717, 1.165) is 21.4 Å². The molecule has 21 heavy (non-hydrogen) atoms. The van der Waals surface area contributed by atoms with Gasteiger partial charge in [0, 0.05) is 10.2 Å². The van der Waals surface area contributed by atoms with E-state index in [1.54, 1.807) is 18.2 Å². The lowest BCUT2D eigenvalue weighted by Gasteiger charge is -2.08. The van der Waals surface area contributed by atoms with Crippen LogP contribution in [-0.2, 0) is 14.8 Å². The van der Waals surface area contributed by atoms with E-state index in [0.29, 0.717) is 5.69 Å². The summed E-state index contributed by atoms with van der Waals surface area (Å²) in [7, 11) is -2.73. The molecule has 6 nitrogen and oxygen atoms in total. The molecule has 1 heterocycles. The highest BCUT2D eigenvalue weighted by Gasteiger charge is 2.26. The van der Waals surface area contributed by atoms with Gasteiger partial charge in [-0.25, -0.2) is 18.2 Å². The van der Waals surface area contributed by atoms with Crippen molar-refractivity contribution in [3.8, 4) is 0 Å². The fourth-order valence-corrected chi connectivity index (χ4v) is 4.08. The lowest BCUT2D eigenvalue weighted by atomic mass is 10.2. The molecule has 1 N–H and O–H groups in total. The van der Waals surface area contributed by atoms with Crippen LogP contribution in [-0.4, -0.2) is 26.5 Å². The second-order valence-corrected chi connectivity index (χ2v) is 7.64. The summed E-state index contributed by atoms with van der Waals surface area (Å²) >= 11 is 4.19. The molecule has 0 saturated carbocycles. The number of anilines is 1. The van der Waals surface area contributed by atoms with Crippen LogP contribution in [0.25, 0.3) is 0 Å². The molecule has 2 aromatic rings. The van der Waals surface area contributed by atoms with Gasteiger partial charge in [0.05, 0.1) is 12.6 Å². The summed E-state index contributed by atoms with van der Waals surface area (Å²) in [6.45, 7) is 1.89. The average Bonchev–Trinajstić information content (AvgIpc) is 2.92. The first-order valence-corrected chi connectivity index (χ1v) is 8.81. The van der Waals surface area contributed by atoms with Gasteiger partial charge in [-0.05, 0) is 24.6 Å². The van der Waals surface area contributed by atoms with Gasteiger partial charge < -0.3 is 4.74 Å². The normalized spacial score (nSPS) is 11.2. The lowest BCUT2D eigenvalue weighted by molar-refractivity contribution is 0.0590. The van der Waals surface area contributed by atoms with Crippen LogP contribution >= 0.6 is 27.3 Å². The number of rotatable bonds is 4. The minimum atomic E-state index is -3.90. The molecule has 2 rings (SSSR count). The van der Waals surface area contributed by atoms with Crippen molar-refractivity contribution >= 4 is 48.9 Å². The minimum Gasteiger partial charge on any atom is -0.464 e. The molecular weight excluding hydrogens is 380 g/mol. The predicted molar refractivity (Wildman–Crippen MR) is 83.1 cm³/mol. The topological polar surface area (TPSA) is 85.4 Å². The van der Waals surface area contributed by atoms with Gasteiger partial charge in [0.15, 0.2) is 9.90 Å². The number of aryl methyl sites for hydroxylation is 1. The molecule has 1 aromatic heterocycles. The van der Waals surface area contributed by atoms with Crippen molar-refractivity contribution in [3.05, 3.63) is 39.4 Å². The zero-order chi connectivity index (χ0) is 15.6. The van der Waals surface area contributed by atoms with Crippen LogP contribution in [0.4, 0.5) is 5.69 Å². The number of nitrogens with one attached hydrogen (secondary N) is 1. The van der Waals surface area contributed by atoms with Gasteiger partial charge in [-0.2, -0.15) is 0 Å². The van der Waals surface area contributed by atoms with Crippen LogP contribution in [0.5, 0.6) is 0 Å². The molecule has 0 saturated heterocycles. The summed E-state index contributed by atoms with van der Waals surface area (Å²) in [6, 6.07) is 5.05. The summed E-state index contributed by atoms with van der Waals surface area (Å²) < 4.78 is 32.2. The number of sulfonamides is 1. The second kappa shape index (κ2) is 6.12. The van der Waals surface area contributed by atoms with Gasteiger partial charge in [-0.3, -0.25) is 4.72 Å². The highest BCUT2D eigenvalue weighted by atomic mass is 79.9. The van der Waals surface area contributed by atoms with Crippen LogP contribution in [0.2, 0.25) is 0 Å². The monoisotopic (exact) mass is 390 g/mol. The molecule has 9 heteroatoms. The Morgan fingerprint density at radius 3 is 2.76 bits per heavy atom. The lowest BCUT2D eigenvalue weighted by Crippen LogP contribution is -2.16. The van der Waals surface area contributed by atoms with Crippen molar-refractivity contribution in [3.63, 3.8) is 0 Å². The Kier molecular flexibility index (Phi) is 4.64. The van der Waals surface area contributed by atoms with E-state index in [9.17, 15) is 13.2 Å². The highest BCUT2D eigenvalue weighted by Crippen LogP contribution is 2.26. The third-order valence-electron chi connectivity index (χ3n) is 2.58. The number of benzene rings is 1. The van der Waals surface area contributed by atoms with Crippen molar-refractivity contribution in [1.82, 2.24) is 4.98 Å². The number of esters is 1. The van der Waals surface area contributed by atoms with Crippen molar-refractivity contribution < 1.29 is 17.9 Å². The number of ether oxygens (including phenoxy) is 1. The highest BCUT2D eigenvalue weighted by molar-refractivity contribution is 9.10. The maximum atomic E-state index is 12.3. The Bertz CT molecular complexity index is 786. The fraction of sp³-hybridized carbons (Fsp3) is 0.167. The van der Waals surface area contributed by atoms with Crippen LogP contribution in [0.1, 0.15) is 16.1 Å². The van der Waals surface area contributed by atoms with E-state index in [4.69, 9.17) is 0 Å². The van der Waals surface area contributed by atoms with Gasteiger partial charge in [0.1, 0.15) is 0 Å². The molecule has 0 atom stereocenters. The fourth-order valence-electron chi connectivity index (χ4n) is 1.52. The number of carbonyl (C=O) groups excluding carboxylic acids is 1. The van der Waals surface area contributed by atoms with Gasteiger partial charge >= 0.3 is 5.97 Å². The molecule has 0 fully saturated rings. The maximum absolute atomic E-state index is 12.3. The number of hydrogen-bond acceptors (Lipinski definition) is 6. The Labute approximate surface area is 134 Å². The molecule has 0 spiro atoms. The summed E-state index contributed by atoms with van der Waals surface area (Å²) in [5.41, 5.74) is 2.43. The molecule has 0 amide bonds. The SMILES string of the molecule is COC(=O)c1ncsc1S(=O)(=O)Nc1ccc(C)c(Br)c1. The number of halogens is 1. The minimum absolute atomic E-state index is 0.175. The average molecular weight is 391 g/mol. The van der Waals surface area contributed by atoms with Gasteiger partial charge in [-0.1, -0.05) is 22.0 Å². The maximum Gasteiger partial charge on any atom is 0.358 e. The summed E-state index contributed by atoms with van der Waals surface area (Å²) in [6.07, 6.45) is 0.